The van der Waals surface area contributed by atoms with Crippen LogP contribution < -0.4 is 11.2 Å². The van der Waals surface area contributed by atoms with E-state index in [9.17, 15) is 4.79 Å². The summed E-state index contributed by atoms with van der Waals surface area (Å²) in [5.74, 6) is -0.294. The minimum absolute atomic E-state index is 0.0182. The molecule has 1 aliphatic rings. The van der Waals surface area contributed by atoms with Crippen LogP contribution in [0.3, 0.4) is 0 Å². The highest BCUT2D eigenvalue weighted by molar-refractivity contribution is 5.94. The van der Waals surface area contributed by atoms with E-state index < -0.39 is 5.91 Å². The normalized spacial score (nSPS) is 15.9. The maximum atomic E-state index is 13.0. The molecule has 162 valence electrons. The van der Waals surface area contributed by atoms with Gasteiger partial charge in [0.2, 0.25) is 11.6 Å². The zero-order valence-electron chi connectivity index (χ0n) is 17.3. The molecule has 3 N–H and O–H groups in total. The molecule has 0 aliphatic carbocycles. The lowest BCUT2D eigenvalue weighted by Crippen LogP contribution is -2.31. The number of piperidine rings is 1. The first-order chi connectivity index (χ1) is 15.1. The molecule has 1 aromatic carbocycles. The second-order valence-electron chi connectivity index (χ2n) is 7.52. The van der Waals surface area contributed by atoms with E-state index in [1.807, 2.05) is 37.3 Å². The van der Waals surface area contributed by atoms with Crippen molar-refractivity contribution in [1.82, 2.24) is 35.6 Å². The first-order valence-electron chi connectivity index (χ1n) is 10.3. The summed E-state index contributed by atoms with van der Waals surface area (Å²) < 4.78 is 5.92. The van der Waals surface area contributed by atoms with E-state index in [2.05, 4.69) is 40.7 Å². The second kappa shape index (κ2) is 9.47. The van der Waals surface area contributed by atoms with Crippen molar-refractivity contribution in [3.63, 3.8) is 0 Å². The Morgan fingerprint density at radius 1 is 1.26 bits per heavy atom. The zero-order chi connectivity index (χ0) is 21.6. The van der Waals surface area contributed by atoms with E-state index in [-0.39, 0.29) is 23.2 Å². The Labute approximate surface area is 179 Å². The summed E-state index contributed by atoms with van der Waals surface area (Å²) in [4.78, 5) is 15.3. The third-order valence-corrected chi connectivity index (χ3v) is 5.26. The standard InChI is InChI=1S/C20H25N9O2/c1-14(15-8-4-2-5-9-15)12-22-24-20(30)17-16(13-28-10-6-3-7-11-28)23-27-29(17)19-18(21)25-31-26-19/h2,4-5,8-9,12,14H,3,6-7,10-11,13H2,1H3,(H2,21,25)(H,24,30). The number of anilines is 1. The molecular formula is C20H25N9O2. The monoisotopic (exact) mass is 423 g/mol. The molecule has 0 radical (unpaired) electrons. The molecule has 1 amide bonds. The number of carbonyl (C=O) groups excluding carboxylic acids is 1. The number of hydrogen-bond donors (Lipinski definition) is 2. The summed E-state index contributed by atoms with van der Waals surface area (Å²) in [5, 5.41) is 19.8. The fourth-order valence-electron chi connectivity index (χ4n) is 3.57. The number of hydrogen-bond acceptors (Lipinski definition) is 9. The van der Waals surface area contributed by atoms with Gasteiger partial charge >= 0.3 is 0 Å². The molecular weight excluding hydrogens is 398 g/mol. The number of nitrogens with one attached hydrogen (secondary N) is 1. The number of aromatic nitrogens is 5. The number of rotatable bonds is 7. The Morgan fingerprint density at radius 2 is 2.03 bits per heavy atom. The molecule has 1 fully saturated rings. The highest BCUT2D eigenvalue weighted by Gasteiger charge is 2.26. The molecule has 0 saturated carbocycles. The quantitative estimate of drug-likeness (QED) is 0.432. The Bertz CT molecular complexity index is 1040. The van der Waals surface area contributed by atoms with Gasteiger partial charge in [0.15, 0.2) is 5.69 Å². The summed E-state index contributed by atoms with van der Waals surface area (Å²) in [6, 6.07) is 9.90. The minimum Gasteiger partial charge on any atom is -0.378 e. The summed E-state index contributed by atoms with van der Waals surface area (Å²) in [6.07, 6.45) is 5.14. The largest absolute Gasteiger partial charge is 0.378 e. The number of benzene rings is 1. The number of nitrogens with two attached hydrogens (primary N) is 1. The van der Waals surface area contributed by atoms with Crippen LogP contribution in [-0.2, 0) is 6.54 Å². The molecule has 31 heavy (non-hydrogen) atoms. The molecule has 0 bridgehead atoms. The van der Waals surface area contributed by atoms with Crippen LogP contribution in [0.1, 0.15) is 53.8 Å². The lowest BCUT2D eigenvalue weighted by Gasteiger charge is -2.25. The fourth-order valence-corrected chi connectivity index (χ4v) is 3.57. The molecule has 1 unspecified atom stereocenters. The van der Waals surface area contributed by atoms with E-state index in [1.165, 1.54) is 11.1 Å². The summed E-state index contributed by atoms with van der Waals surface area (Å²) in [5.41, 5.74) is 10.2. The lowest BCUT2D eigenvalue weighted by molar-refractivity contribution is 0.0944. The lowest BCUT2D eigenvalue weighted by atomic mass is 10.0. The van der Waals surface area contributed by atoms with Crippen LogP contribution in [-0.4, -0.2) is 55.4 Å². The Kier molecular flexibility index (Phi) is 6.32. The molecule has 3 heterocycles. The predicted molar refractivity (Wildman–Crippen MR) is 114 cm³/mol. The van der Waals surface area contributed by atoms with Crippen molar-refractivity contribution in [3.8, 4) is 5.82 Å². The van der Waals surface area contributed by atoms with Gasteiger partial charge in [-0.1, -0.05) is 48.9 Å². The van der Waals surface area contributed by atoms with Crippen molar-refractivity contribution in [1.29, 1.82) is 0 Å². The van der Waals surface area contributed by atoms with E-state index >= 15 is 0 Å². The number of nitrogens with zero attached hydrogens (tertiary/aromatic N) is 7. The van der Waals surface area contributed by atoms with Gasteiger partial charge in [0.25, 0.3) is 5.91 Å². The molecule has 2 aromatic heterocycles. The van der Waals surface area contributed by atoms with Crippen molar-refractivity contribution < 1.29 is 9.42 Å². The maximum Gasteiger partial charge on any atom is 0.292 e. The zero-order valence-corrected chi connectivity index (χ0v) is 17.3. The first-order valence-corrected chi connectivity index (χ1v) is 10.3. The van der Waals surface area contributed by atoms with Gasteiger partial charge in [0.1, 0.15) is 5.69 Å². The summed E-state index contributed by atoms with van der Waals surface area (Å²) in [7, 11) is 0. The molecule has 1 aliphatic heterocycles. The van der Waals surface area contributed by atoms with Crippen molar-refractivity contribution in [2.75, 3.05) is 18.8 Å². The number of amides is 1. The Balaban J connectivity index is 1.55. The van der Waals surface area contributed by atoms with Crippen LogP contribution >= 0.6 is 0 Å². The van der Waals surface area contributed by atoms with Crippen LogP contribution in [0.4, 0.5) is 5.82 Å². The van der Waals surface area contributed by atoms with E-state index in [4.69, 9.17) is 5.73 Å². The number of likely N-dealkylation sites (tertiary alicyclic amines) is 1. The van der Waals surface area contributed by atoms with Gasteiger partial charge in [0.05, 0.1) is 0 Å². The highest BCUT2D eigenvalue weighted by Crippen LogP contribution is 2.19. The first kappa shape index (κ1) is 20.7. The molecule has 11 heteroatoms. The summed E-state index contributed by atoms with van der Waals surface area (Å²) >= 11 is 0. The van der Waals surface area contributed by atoms with Gasteiger partial charge in [-0.3, -0.25) is 9.69 Å². The third kappa shape index (κ3) is 4.77. The fraction of sp³-hybridized carbons (Fsp3) is 0.400. The average Bonchev–Trinajstić information content (AvgIpc) is 3.40. The molecule has 4 rings (SSSR count). The Hall–Kier alpha value is -3.60. The SMILES string of the molecule is CC(C=NNC(=O)c1c(CN2CCCCC2)nnn1-c1nonc1N)c1ccccc1. The van der Waals surface area contributed by atoms with E-state index in [0.29, 0.717) is 12.2 Å². The third-order valence-electron chi connectivity index (χ3n) is 5.26. The maximum absolute atomic E-state index is 13.0. The second-order valence-corrected chi connectivity index (χ2v) is 7.52. The van der Waals surface area contributed by atoms with Gasteiger partial charge in [-0.05, 0) is 41.8 Å². The van der Waals surface area contributed by atoms with Crippen LogP contribution in [0.15, 0.2) is 40.1 Å². The number of hydrazone groups is 1. The van der Waals surface area contributed by atoms with Crippen LogP contribution in [0, 0.1) is 0 Å². The number of nitrogen functional groups attached to an aromatic ring is 1. The highest BCUT2D eigenvalue weighted by atomic mass is 16.6. The predicted octanol–water partition coefficient (Wildman–Crippen LogP) is 1.74. The average molecular weight is 423 g/mol. The van der Waals surface area contributed by atoms with Gasteiger partial charge < -0.3 is 5.73 Å². The van der Waals surface area contributed by atoms with Gasteiger partial charge in [-0.25, -0.2) is 10.1 Å². The van der Waals surface area contributed by atoms with Gasteiger partial charge in [-0.2, -0.15) is 9.78 Å². The van der Waals surface area contributed by atoms with Crippen molar-refractivity contribution in [2.24, 2.45) is 5.10 Å². The molecule has 11 nitrogen and oxygen atoms in total. The molecule has 1 atom stereocenters. The van der Waals surface area contributed by atoms with Crippen LogP contribution in [0.2, 0.25) is 0 Å². The van der Waals surface area contributed by atoms with Gasteiger partial charge in [0, 0.05) is 18.7 Å². The summed E-state index contributed by atoms with van der Waals surface area (Å²) in [6.45, 7) is 4.40. The van der Waals surface area contributed by atoms with E-state index in [1.54, 1.807) is 6.21 Å². The number of carbonyl (C=O) groups is 1. The Morgan fingerprint density at radius 3 is 2.74 bits per heavy atom. The topological polar surface area (TPSA) is 140 Å². The van der Waals surface area contributed by atoms with Crippen molar-refractivity contribution >= 4 is 17.9 Å². The van der Waals surface area contributed by atoms with Gasteiger partial charge in [-0.15, -0.1) is 5.10 Å². The van der Waals surface area contributed by atoms with Crippen molar-refractivity contribution in [2.45, 2.75) is 38.6 Å². The van der Waals surface area contributed by atoms with Crippen molar-refractivity contribution in [3.05, 3.63) is 47.3 Å². The van der Waals surface area contributed by atoms with Crippen LogP contribution in [0.5, 0.6) is 0 Å². The smallest absolute Gasteiger partial charge is 0.292 e. The van der Waals surface area contributed by atoms with Crippen LogP contribution in [0.25, 0.3) is 5.82 Å². The molecule has 3 aromatic rings. The molecule has 0 spiro atoms. The van der Waals surface area contributed by atoms with E-state index in [0.717, 1.165) is 31.5 Å². The molecule has 1 saturated heterocycles. The minimum atomic E-state index is -0.462.